The van der Waals surface area contributed by atoms with E-state index in [1.807, 2.05) is 30.3 Å². The molecule has 0 radical (unpaired) electrons. The average molecular weight is 283 g/mol. The van der Waals surface area contributed by atoms with Crippen molar-refractivity contribution in [3.05, 3.63) is 73.9 Å². The molecule has 0 N–H and O–H groups in total. The van der Waals surface area contributed by atoms with Crippen molar-refractivity contribution >= 4 is 23.7 Å². The van der Waals surface area contributed by atoms with E-state index in [9.17, 15) is 4.79 Å². The van der Waals surface area contributed by atoms with Gasteiger partial charge in [-0.25, -0.2) is 0 Å². The van der Waals surface area contributed by atoms with E-state index in [2.05, 4.69) is 22.2 Å². The Morgan fingerprint density at radius 1 is 1.20 bits per heavy atom. The quantitative estimate of drug-likeness (QED) is 0.255. The van der Waals surface area contributed by atoms with Crippen molar-refractivity contribution < 1.29 is 4.79 Å². The van der Waals surface area contributed by atoms with Crippen LogP contribution in [0.5, 0.6) is 0 Å². The highest BCUT2D eigenvalue weighted by Gasteiger charge is 2.00. The van der Waals surface area contributed by atoms with Gasteiger partial charge in [0.15, 0.2) is 6.29 Å². The standard InChI is InChI=1S/C15H13N3OS/c16-18-17-13(11-19)10-15-9-8-14(20-15)7-6-12-4-2-1-3-5-12/h1-5,8-11H,6-7H2/b13-10-. The molecular formula is C15H13N3OS. The van der Waals surface area contributed by atoms with Gasteiger partial charge in [0.2, 0.25) is 0 Å². The summed E-state index contributed by atoms with van der Waals surface area (Å²) < 4.78 is 0. The van der Waals surface area contributed by atoms with E-state index >= 15 is 0 Å². The lowest BCUT2D eigenvalue weighted by Gasteiger charge is -1.98. The third-order valence-corrected chi connectivity index (χ3v) is 3.85. The summed E-state index contributed by atoms with van der Waals surface area (Å²) in [6, 6.07) is 14.3. The van der Waals surface area contributed by atoms with Gasteiger partial charge in [0.1, 0.15) is 0 Å². The lowest BCUT2D eigenvalue weighted by atomic mass is 10.1. The summed E-state index contributed by atoms with van der Waals surface area (Å²) in [5, 5.41) is 3.32. The summed E-state index contributed by atoms with van der Waals surface area (Å²) in [6.45, 7) is 0. The van der Waals surface area contributed by atoms with Crippen molar-refractivity contribution in [2.75, 3.05) is 0 Å². The Morgan fingerprint density at radius 2 is 2.00 bits per heavy atom. The molecule has 2 rings (SSSR count). The number of thiophene rings is 1. The van der Waals surface area contributed by atoms with Crippen LogP contribution in [0.4, 0.5) is 0 Å². The number of carbonyl (C=O) groups excluding carboxylic acids is 1. The number of aldehydes is 1. The second kappa shape index (κ2) is 7.28. The minimum atomic E-state index is 0.101. The van der Waals surface area contributed by atoms with Crippen molar-refractivity contribution in [2.24, 2.45) is 5.11 Å². The number of aryl methyl sites for hydroxylation is 2. The first kappa shape index (κ1) is 14.1. The summed E-state index contributed by atoms with van der Waals surface area (Å²) in [5.41, 5.74) is 9.73. The van der Waals surface area contributed by atoms with Crippen LogP contribution < -0.4 is 0 Å². The van der Waals surface area contributed by atoms with Crippen LogP contribution in [0, 0.1) is 0 Å². The number of azide groups is 1. The first-order valence-corrected chi connectivity index (χ1v) is 6.98. The highest BCUT2D eigenvalue weighted by Crippen LogP contribution is 2.21. The van der Waals surface area contributed by atoms with Crippen molar-refractivity contribution in [3.63, 3.8) is 0 Å². The summed E-state index contributed by atoms with van der Waals surface area (Å²) in [4.78, 5) is 15.5. The molecule has 0 spiro atoms. The van der Waals surface area contributed by atoms with Crippen LogP contribution in [0.25, 0.3) is 16.5 Å². The Hall–Kier alpha value is -2.36. The molecule has 0 amide bonds. The molecule has 0 aliphatic rings. The highest BCUT2D eigenvalue weighted by atomic mass is 32.1. The molecule has 1 aromatic heterocycles. The van der Waals surface area contributed by atoms with Gasteiger partial charge < -0.3 is 0 Å². The molecule has 0 atom stereocenters. The van der Waals surface area contributed by atoms with Crippen LogP contribution in [0.1, 0.15) is 15.3 Å². The molecular weight excluding hydrogens is 270 g/mol. The van der Waals surface area contributed by atoms with Gasteiger partial charge in [-0.2, -0.15) is 0 Å². The third-order valence-electron chi connectivity index (χ3n) is 2.76. The molecule has 0 unspecified atom stereocenters. The van der Waals surface area contributed by atoms with Crippen molar-refractivity contribution in [3.8, 4) is 0 Å². The molecule has 0 fully saturated rings. The summed E-state index contributed by atoms with van der Waals surface area (Å²) in [5.74, 6) is 0. The molecule has 4 nitrogen and oxygen atoms in total. The van der Waals surface area contributed by atoms with Crippen LogP contribution in [-0.4, -0.2) is 6.29 Å². The number of nitrogens with zero attached hydrogens (tertiary/aromatic N) is 3. The summed E-state index contributed by atoms with van der Waals surface area (Å²) >= 11 is 1.60. The summed E-state index contributed by atoms with van der Waals surface area (Å²) in [6.07, 6.45) is 4.11. The topological polar surface area (TPSA) is 65.8 Å². The van der Waals surface area contributed by atoms with Crippen molar-refractivity contribution in [2.45, 2.75) is 12.8 Å². The van der Waals surface area contributed by atoms with Gasteiger partial charge >= 0.3 is 0 Å². The van der Waals surface area contributed by atoms with E-state index in [4.69, 9.17) is 5.53 Å². The zero-order valence-corrected chi connectivity index (χ0v) is 11.6. The Bertz CT molecular complexity index is 655. The molecule has 20 heavy (non-hydrogen) atoms. The largest absolute Gasteiger partial charge is 0.298 e. The number of allylic oxidation sites excluding steroid dienone is 1. The summed E-state index contributed by atoms with van der Waals surface area (Å²) in [7, 11) is 0. The maximum absolute atomic E-state index is 10.7. The number of hydrogen-bond acceptors (Lipinski definition) is 3. The Morgan fingerprint density at radius 3 is 2.70 bits per heavy atom. The van der Waals surface area contributed by atoms with Gasteiger partial charge in [-0.3, -0.25) is 4.79 Å². The number of benzene rings is 1. The molecule has 2 aromatic rings. The smallest absolute Gasteiger partial charge is 0.152 e. The SMILES string of the molecule is [N-]=[N+]=N/C(C=O)=C\c1ccc(CCc2ccccc2)s1. The van der Waals surface area contributed by atoms with Gasteiger partial charge in [0.25, 0.3) is 0 Å². The maximum atomic E-state index is 10.7. The van der Waals surface area contributed by atoms with Crippen LogP contribution in [0.2, 0.25) is 0 Å². The first-order chi connectivity index (χ1) is 9.81. The Kier molecular flexibility index (Phi) is 5.12. The van der Waals surface area contributed by atoms with Crippen molar-refractivity contribution in [1.82, 2.24) is 0 Å². The minimum absolute atomic E-state index is 0.101. The minimum Gasteiger partial charge on any atom is -0.298 e. The molecule has 0 aliphatic carbocycles. The van der Waals surface area contributed by atoms with Gasteiger partial charge in [0.05, 0.1) is 5.70 Å². The van der Waals surface area contributed by atoms with Crippen LogP contribution in [0.3, 0.4) is 0 Å². The number of rotatable bonds is 6. The van der Waals surface area contributed by atoms with Crippen molar-refractivity contribution in [1.29, 1.82) is 0 Å². The fourth-order valence-corrected chi connectivity index (χ4v) is 2.76. The predicted molar refractivity (Wildman–Crippen MR) is 81.4 cm³/mol. The predicted octanol–water partition coefficient (Wildman–Crippen LogP) is 4.38. The molecule has 0 bridgehead atoms. The Labute approximate surface area is 121 Å². The van der Waals surface area contributed by atoms with Crippen LogP contribution >= 0.6 is 11.3 Å². The molecule has 100 valence electrons. The monoisotopic (exact) mass is 283 g/mol. The molecule has 0 aliphatic heterocycles. The maximum Gasteiger partial charge on any atom is 0.152 e. The Balaban J connectivity index is 2.02. The van der Waals surface area contributed by atoms with Crippen LogP contribution in [0.15, 0.2) is 53.3 Å². The van der Waals surface area contributed by atoms with E-state index < -0.39 is 0 Å². The lowest BCUT2D eigenvalue weighted by molar-refractivity contribution is -0.104. The zero-order valence-electron chi connectivity index (χ0n) is 10.8. The van der Waals surface area contributed by atoms with Gasteiger partial charge in [-0.1, -0.05) is 35.4 Å². The highest BCUT2D eigenvalue weighted by molar-refractivity contribution is 7.12. The molecule has 1 heterocycles. The second-order valence-corrected chi connectivity index (χ2v) is 5.37. The average Bonchev–Trinajstić information content (AvgIpc) is 2.93. The zero-order chi connectivity index (χ0) is 14.2. The van der Waals surface area contributed by atoms with E-state index in [1.165, 1.54) is 10.4 Å². The molecule has 5 heteroatoms. The molecule has 0 saturated heterocycles. The molecule has 0 saturated carbocycles. The van der Waals surface area contributed by atoms with Gasteiger partial charge in [0, 0.05) is 14.7 Å². The normalized spacial score (nSPS) is 10.9. The first-order valence-electron chi connectivity index (χ1n) is 6.16. The van der Waals surface area contributed by atoms with E-state index in [0.29, 0.717) is 6.29 Å². The fourth-order valence-electron chi connectivity index (χ4n) is 1.80. The number of hydrogen-bond donors (Lipinski definition) is 0. The fraction of sp³-hybridized carbons (Fsp3) is 0.133. The van der Waals surface area contributed by atoms with Crippen LogP contribution in [-0.2, 0) is 17.6 Å². The van der Waals surface area contributed by atoms with E-state index in [0.717, 1.165) is 17.7 Å². The van der Waals surface area contributed by atoms with Gasteiger partial charge in [-0.15, -0.1) is 11.3 Å². The lowest BCUT2D eigenvalue weighted by Crippen LogP contribution is -1.87. The second-order valence-electron chi connectivity index (χ2n) is 4.17. The van der Waals surface area contributed by atoms with E-state index in [-0.39, 0.29) is 5.70 Å². The third kappa shape index (κ3) is 4.09. The van der Waals surface area contributed by atoms with Gasteiger partial charge in [-0.05, 0) is 42.1 Å². The number of carbonyl (C=O) groups is 1. The molecule has 1 aromatic carbocycles. The van der Waals surface area contributed by atoms with E-state index in [1.54, 1.807) is 17.4 Å².